The maximum atomic E-state index is 12.0. The number of halogens is 1. The molecule has 0 radical (unpaired) electrons. The smallest absolute Gasteiger partial charge is 0.435 e. The second-order valence-electron chi connectivity index (χ2n) is 5.67. The Bertz CT molecular complexity index is 459. The third kappa shape index (κ3) is 3.92. The predicted molar refractivity (Wildman–Crippen MR) is 79.4 cm³/mol. The molecule has 0 aliphatic carbocycles. The van der Waals surface area contributed by atoms with Gasteiger partial charge in [0.15, 0.2) is 0 Å². The van der Waals surface area contributed by atoms with Gasteiger partial charge < -0.3 is 9.47 Å². The number of carbonyl (C=O) groups excluding carboxylic acids is 1. The summed E-state index contributed by atoms with van der Waals surface area (Å²) < 4.78 is 13.0. The van der Waals surface area contributed by atoms with Crippen LogP contribution < -0.4 is 0 Å². The quantitative estimate of drug-likeness (QED) is 0.705. The topological polar surface area (TPSA) is 53.4 Å². The number of rotatable bonds is 1. The van der Waals surface area contributed by atoms with E-state index in [4.69, 9.17) is 9.47 Å². The van der Waals surface area contributed by atoms with Gasteiger partial charge >= 0.3 is 6.09 Å². The van der Waals surface area contributed by atoms with Crippen LogP contribution in [0.15, 0.2) is 6.20 Å². The number of nitrogens with zero attached hydrogens (tertiary/aromatic N) is 2. The van der Waals surface area contributed by atoms with Crippen LogP contribution in [-0.2, 0) is 9.47 Å². The summed E-state index contributed by atoms with van der Waals surface area (Å²) in [6, 6.07) is 0. The van der Waals surface area contributed by atoms with Crippen molar-refractivity contribution < 1.29 is 14.3 Å². The van der Waals surface area contributed by atoms with Crippen LogP contribution in [-0.4, -0.2) is 34.7 Å². The standard InChI is InChI=1S/C13H19IN2O3/c1-13(2,3)19-12(17)16-8-10(14)11(15-16)9-4-6-18-7-5-9/h8-9H,4-7H2,1-3H3. The minimum absolute atomic E-state index is 0.379. The minimum atomic E-state index is -0.507. The monoisotopic (exact) mass is 378 g/mol. The number of hydrogen-bond donors (Lipinski definition) is 0. The maximum Gasteiger partial charge on any atom is 0.435 e. The molecule has 0 amide bonds. The third-order valence-electron chi connectivity index (χ3n) is 2.88. The van der Waals surface area contributed by atoms with E-state index in [0.29, 0.717) is 5.92 Å². The number of hydrogen-bond acceptors (Lipinski definition) is 4. The lowest BCUT2D eigenvalue weighted by molar-refractivity contribution is 0.0512. The highest BCUT2D eigenvalue weighted by atomic mass is 127. The molecule has 1 aliphatic rings. The molecule has 0 unspecified atom stereocenters. The van der Waals surface area contributed by atoms with Crippen LogP contribution in [0, 0.1) is 3.57 Å². The maximum absolute atomic E-state index is 12.0. The van der Waals surface area contributed by atoms with E-state index in [-0.39, 0.29) is 0 Å². The zero-order valence-corrected chi connectivity index (χ0v) is 13.6. The van der Waals surface area contributed by atoms with Crippen LogP contribution in [0.1, 0.15) is 45.2 Å². The van der Waals surface area contributed by atoms with Crippen molar-refractivity contribution in [1.29, 1.82) is 0 Å². The average molecular weight is 378 g/mol. The first kappa shape index (κ1) is 14.8. The molecule has 1 aliphatic heterocycles. The highest BCUT2D eigenvalue weighted by Gasteiger charge is 2.24. The van der Waals surface area contributed by atoms with E-state index in [1.54, 1.807) is 6.20 Å². The molecule has 1 fully saturated rings. The molecule has 0 saturated carbocycles. The second kappa shape index (κ2) is 5.78. The number of carbonyl (C=O) groups is 1. The number of ether oxygens (including phenoxy) is 2. The van der Waals surface area contributed by atoms with Crippen LogP contribution in [0.4, 0.5) is 4.79 Å². The lowest BCUT2D eigenvalue weighted by atomic mass is 9.97. The van der Waals surface area contributed by atoms with Gasteiger partial charge in [-0.1, -0.05) is 0 Å². The van der Waals surface area contributed by atoms with Gasteiger partial charge in [-0.15, -0.1) is 0 Å². The normalized spacial score (nSPS) is 17.5. The fourth-order valence-electron chi connectivity index (χ4n) is 2.02. The molecule has 0 spiro atoms. The first-order chi connectivity index (χ1) is 8.87. The molecule has 0 N–H and O–H groups in total. The molecule has 19 heavy (non-hydrogen) atoms. The molecule has 2 heterocycles. The Balaban J connectivity index is 2.13. The average Bonchev–Trinajstić information content (AvgIpc) is 2.70. The lowest BCUT2D eigenvalue weighted by Crippen LogP contribution is -2.27. The molecule has 1 aromatic heterocycles. The SMILES string of the molecule is CC(C)(C)OC(=O)n1cc(I)c(C2CCOCC2)n1. The third-order valence-corrected chi connectivity index (χ3v) is 3.72. The van der Waals surface area contributed by atoms with E-state index >= 15 is 0 Å². The van der Waals surface area contributed by atoms with E-state index in [9.17, 15) is 4.79 Å². The highest BCUT2D eigenvalue weighted by Crippen LogP contribution is 2.29. The van der Waals surface area contributed by atoms with Crippen molar-refractivity contribution in [1.82, 2.24) is 9.78 Å². The van der Waals surface area contributed by atoms with Crippen molar-refractivity contribution in [3.05, 3.63) is 15.5 Å². The van der Waals surface area contributed by atoms with Crippen molar-refractivity contribution in [2.75, 3.05) is 13.2 Å². The Labute approximate surface area is 126 Å². The van der Waals surface area contributed by atoms with Gasteiger partial charge in [-0.05, 0) is 56.2 Å². The van der Waals surface area contributed by atoms with Crippen molar-refractivity contribution in [3.8, 4) is 0 Å². The first-order valence-corrected chi connectivity index (χ1v) is 7.51. The van der Waals surface area contributed by atoms with E-state index < -0.39 is 11.7 Å². The summed E-state index contributed by atoms with van der Waals surface area (Å²) in [6.07, 6.45) is 3.23. The summed E-state index contributed by atoms with van der Waals surface area (Å²) in [5.41, 5.74) is 0.475. The van der Waals surface area contributed by atoms with Crippen LogP contribution in [0.25, 0.3) is 0 Å². The molecular weight excluding hydrogens is 359 g/mol. The summed E-state index contributed by atoms with van der Waals surface area (Å²) >= 11 is 2.22. The Morgan fingerprint density at radius 2 is 2.11 bits per heavy atom. The Hall–Kier alpha value is -0.630. The summed E-state index contributed by atoms with van der Waals surface area (Å²) in [4.78, 5) is 12.0. The molecule has 0 aromatic carbocycles. The highest BCUT2D eigenvalue weighted by molar-refractivity contribution is 14.1. The van der Waals surface area contributed by atoms with Gasteiger partial charge in [-0.3, -0.25) is 0 Å². The van der Waals surface area contributed by atoms with Crippen molar-refractivity contribution in [2.45, 2.75) is 45.1 Å². The summed E-state index contributed by atoms with van der Waals surface area (Å²) in [7, 11) is 0. The van der Waals surface area contributed by atoms with Gasteiger partial charge in [0.1, 0.15) is 5.60 Å². The van der Waals surface area contributed by atoms with Crippen molar-refractivity contribution in [2.24, 2.45) is 0 Å². The largest absolute Gasteiger partial charge is 0.442 e. The lowest BCUT2D eigenvalue weighted by Gasteiger charge is -2.20. The Morgan fingerprint density at radius 1 is 1.47 bits per heavy atom. The molecule has 1 saturated heterocycles. The molecule has 1 aromatic rings. The molecule has 6 heteroatoms. The molecular formula is C13H19IN2O3. The van der Waals surface area contributed by atoms with Gasteiger partial charge in [-0.2, -0.15) is 9.78 Å². The van der Waals surface area contributed by atoms with Gasteiger partial charge in [0.25, 0.3) is 0 Å². The first-order valence-electron chi connectivity index (χ1n) is 6.43. The summed E-state index contributed by atoms with van der Waals surface area (Å²) in [5, 5.41) is 4.40. The van der Waals surface area contributed by atoms with E-state index in [1.165, 1.54) is 4.68 Å². The molecule has 0 bridgehead atoms. The predicted octanol–water partition coefficient (Wildman–Crippen LogP) is 3.16. The van der Waals surface area contributed by atoms with E-state index in [2.05, 4.69) is 27.7 Å². The van der Waals surface area contributed by atoms with E-state index in [0.717, 1.165) is 35.3 Å². The summed E-state index contributed by atoms with van der Waals surface area (Å²) in [5.74, 6) is 0.379. The zero-order chi connectivity index (χ0) is 14.0. The molecule has 2 rings (SSSR count). The van der Waals surface area contributed by atoms with Gasteiger partial charge in [0, 0.05) is 19.1 Å². The molecule has 5 nitrogen and oxygen atoms in total. The van der Waals surface area contributed by atoms with Gasteiger partial charge in [-0.25, -0.2) is 4.79 Å². The fourth-order valence-corrected chi connectivity index (χ4v) is 2.83. The second-order valence-corrected chi connectivity index (χ2v) is 6.84. The van der Waals surface area contributed by atoms with Crippen LogP contribution in [0.3, 0.4) is 0 Å². The van der Waals surface area contributed by atoms with Crippen LogP contribution >= 0.6 is 22.6 Å². The van der Waals surface area contributed by atoms with E-state index in [1.807, 2.05) is 20.8 Å². The number of aromatic nitrogens is 2. The summed E-state index contributed by atoms with van der Waals surface area (Å²) in [6.45, 7) is 7.07. The Kier molecular flexibility index (Phi) is 4.50. The van der Waals surface area contributed by atoms with Crippen LogP contribution in [0.5, 0.6) is 0 Å². The molecule has 0 atom stereocenters. The zero-order valence-electron chi connectivity index (χ0n) is 11.5. The molecule has 106 valence electrons. The minimum Gasteiger partial charge on any atom is -0.442 e. The van der Waals surface area contributed by atoms with Crippen LogP contribution in [0.2, 0.25) is 0 Å². The fraction of sp³-hybridized carbons (Fsp3) is 0.692. The van der Waals surface area contributed by atoms with Gasteiger partial charge in [0.2, 0.25) is 0 Å². The van der Waals surface area contributed by atoms with Crippen molar-refractivity contribution >= 4 is 28.7 Å². The Morgan fingerprint density at radius 3 is 2.68 bits per heavy atom. The van der Waals surface area contributed by atoms with Gasteiger partial charge in [0.05, 0.1) is 15.5 Å². The van der Waals surface area contributed by atoms with Crippen molar-refractivity contribution in [3.63, 3.8) is 0 Å².